The van der Waals surface area contributed by atoms with Crippen molar-refractivity contribution in [1.82, 2.24) is 14.9 Å². The highest BCUT2D eigenvalue weighted by Crippen LogP contribution is 2.22. The third-order valence-corrected chi connectivity index (χ3v) is 4.50. The lowest BCUT2D eigenvalue weighted by molar-refractivity contribution is -0.124. The molecule has 0 saturated heterocycles. The zero-order chi connectivity index (χ0) is 20.3. The van der Waals surface area contributed by atoms with Crippen molar-refractivity contribution in [2.45, 2.75) is 13.5 Å². The smallest absolute Gasteiger partial charge is 0.261 e. The Balaban J connectivity index is 1.62. The van der Waals surface area contributed by atoms with Crippen molar-refractivity contribution in [3.05, 3.63) is 69.5 Å². The Labute approximate surface area is 164 Å². The number of carbonyl (C=O) groups excluding carboxylic acids is 2. The van der Waals surface area contributed by atoms with Crippen molar-refractivity contribution in [2.75, 3.05) is 11.9 Å². The highest BCUT2D eigenvalue weighted by Gasteiger charge is 2.11. The fraction of sp³-hybridized carbons (Fsp3) is 0.158. The van der Waals surface area contributed by atoms with Crippen LogP contribution in [0, 0.1) is 12.7 Å². The molecule has 0 unspecified atom stereocenters. The topological polar surface area (TPSA) is 93.1 Å². The van der Waals surface area contributed by atoms with Crippen LogP contribution in [0.1, 0.15) is 5.56 Å². The van der Waals surface area contributed by atoms with Crippen molar-refractivity contribution in [3.63, 3.8) is 0 Å². The number of hydrogen-bond acceptors (Lipinski definition) is 4. The fourth-order valence-corrected chi connectivity index (χ4v) is 2.75. The zero-order valence-electron chi connectivity index (χ0n) is 14.8. The number of anilines is 1. The summed E-state index contributed by atoms with van der Waals surface area (Å²) in [5, 5.41) is 5.67. The molecule has 0 aliphatic rings. The normalized spacial score (nSPS) is 10.7. The van der Waals surface area contributed by atoms with E-state index >= 15 is 0 Å². The van der Waals surface area contributed by atoms with Gasteiger partial charge in [0.2, 0.25) is 11.8 Å². The first-order chi connectivity index (χ1) is 13.3. The predicted molar refractivity (Wildman–Crippen MR) is 104 cm³/mol. The Morgan fingerprint density at radius 2 is 2.00 bits per heavy atom. The summed E-state index contributed by atoms with van der Waals surface area (Å²) < 4.78 is 14.4. The molecule has 2 aromatic carbocycles. The lowest BCUT2D eigenvalue weighted by Gasteiger charge is -2.11. The van der Waals surface area contributed by atoms with Gasteiger partial charge in [0.05, 0.1) is 23.8 Å². The molecule has 7 nitrogen and oxygen atoms in total. The number of hydrogen-bond donors (Lipinski definition) is 2. The second kappa shape index (κ2) is 8.18. The molecular formula is C19H16ClFN4O3. The lowest BCUT2D eigenvalue weighted by Crippen LogP contribution is -2.37. The van der Waals surface area contributed by atoms with Crippen LogP contribution in [-0.2, 0) is 16.1 Å². The average molecular weight is 403 g/mol. The maximum Gasteiger partial charge on any atom is 0.261 e. The van der Waals surface area contributed by atoms with Gasteiger partial charge in [0.15, 0.2) is 0 Å². The van der Waals surface area contributed by atoms with Crippen molar-refractivity contribution < 1.29 is 14.0 Å². The van der Waals surface area contributed by atoms with Gasteiger partial charge >= 0.3 is 0 Å². The van der Waals surface area contributed by atoms with Crippen LogP contribution in [0.4, 0.5) is 10.1 Å². The van der Waals surface area contributed by atoms with Crippen molar-refractivity contribution in [1.29, 1.82) is 0 Å². The predicted octanol–water partition coefficient (Wildman–Crippen LogP) is 2.25. The maximum atomic E-state index is 13.3. The second-order valence-electron chi connectivity index (χ2n) is 6.08. The Morgan fingerprint density at radius 3 is 2.79 bits per heavy atom. The second-order valence-corrected chi connectivity index (χ2v) is 6.48. The van der Waals surface area contributed by atoms with E-state index in [0.717, 1.165) is 10.6 Å². The van der Waals surface area contributed by atoms with Crippen LogP contribution < -0.4 is 16.2 Å². The summed E-state index contributed by atoms with van der Waals surface area (Å²) in [6, 6.07) is 8.76. The molecule has 1 heterocycles. The monoisotopic (exact) mass is 402 g/mol. The molecule has 9 heteroatoms. The molecule has 0 spiro atoms. The van der Waals surface area contributed by atoms with Crippen LogP contribution >= 0.6 is 11.6 Å². The number of nitrogens with one attached hydrogen (secondary N) is 2. The highest BCUT2D eigenvalue weighted by atomic mass is 35.5. The molecule has 0 radical (unpaired) electrons. The van der Waals surface area contributed by atoms with Crippen molar-refractivity contribution in [2.24, 2.45) is 0 Å². The number of benzene rings is 2. The molecular weight excluding hydrogens is 387 g/mol. The minimum atomic E-state index is -0.568. The minimum absolute atomic E-state index is 0.0736. The first kappa shape index (κ1) is 19.5. The van der Waals surface area contributed by atoms with E-state index in [-0.39, 0.29) is 18.5 Å². The number of nitrogens with zero attached hydrogens (tertiary/aromatic N) is 2. The van der Waals surface area contributed by atoms with Gasteiger partial charge < -0.3 is 10.6 Å². The van der Waals surface area contributed by atoms with Crippen LogP contribution in [0.25, 0.3) is 10.9 Å². The molecule has 0 fully saturated rings. The van der Waals surface area contributed by atoms with Gasteiger partial charge in [0, 0.05) is 10.7 Å². The van der Waals surface area contributed by atoms with Gasteiger partial charge in [-0.2, -0.15) is 0 Å². The molecule has 0 bridgehead atoms. The molecule has 3 rings (SSSR count). The van der Waals surface area contributed by atoms with Crippen LogP contribution in [-0.4, -0.2) is 27.9 Å². The molecule has 0 aliphatic heterocycles. The summed E-state index contributed by atoms with van der Waals surface area (Å²) in [7, 11) is 0. The Morgan fingerprint density at radius 1 is 1.21 bits per heavy atom. The van der Waals surface area contributed by atoms with Gasteiger partial charge in [-0.1, -0.05) is 17.7 Å². The van der Waals surface area contributed by atoms with E-state index in [1.54, 1.807) is 25.1 Å². The summed E-state index contributed by atoms with van der Waals surface area (Å²) >= 11 is 6.00. The number of carbonyl (C=O) groups is 2. The van der Waals surface area contributed by atoms with Crippen LogP contribution in [0.15, 0.2) is 47.5 Å². The van der Waals surface area contributed by atoms with E-state index < -0.39 is 23.2 Å². The molecule has 1 aromatic heterocycles. The number of fused-ring (bicyclic) bond motifs is 1. The Hall–Kier alpha value is -3.26. The number of aromatic nitrogens is 2. The summed E-state index contributed by atoms with van der Waals surface area (Å²) in [5.41, 5.74) is 1.05. The van der Waals surface area contributed by atoms with Gasteiger partial charge in [-0.15, -0.1) is 0 Å². The largest absolute Gasteiger partial charge is 0.345 e. The summed E-state index contributed by atoms with van der Waals surface area (Å²) in [4.78, 5) is 40.5. The quantitative estimate of drug-likeness (QED) is 0.684. The van der Waals surface area contributed by atoms with Gasteiger partial charge in [0.1, 0.15) is 12.4 Å². The van der Waals surface area contributed by atoms with E-state index in [1.165, 1.54) is 18.5 Å². The first-order valence-corrected chi connectivity index (χ1v) is 8.69. The molecule has 2 amide bonds. The summed E-state index contributed by atoms with van der Waals surface area (Å²) in [5.74, 6) is -1.57. The number of halogens is 2. The molecule has 0 aliphatic carbocycles. The summed E-state index contributed by atoms with van der Waals surface area (Å²) in [6.45, 7) is 1.13. The lowest BCUT2D eigenvalue weighted by atomic mass is 10.2. The van der Waals surface area contributed by atoms with Gasteiger partial charge in [0.25, 0.3) is 5.56 Å². The third-order valence-electron chi connectivity index (χ3n) is 4.09. The van der Waals surface area contributed by atoms with E-state index in [1.807, 2.05) is 0 Å². The van der Waals surface area contributed by atoms with Gasteiger partial charge in [-0.3, -0.25) is 19.0 Å². The van der Waals surface area contributed by atoms with Crippen LogP contribution in [0.2, 0.25) is 5.02 Å². The first-order valence-electron chi connectivity index (χ1n) is 8.31. The van der Waals surface area contributed by atoms with E-state index in [2.05, 4.69) is 15.6 Å². The van der Waals surface area contributed by atoms with Crippen LogP contribution in [0.5, 0.6) is 0 Å². The Kier molecular flexibility index (Phi) is 5.70. The Bertz CT molecular complexity index is 1130. The number of amides is 2. The van der Waals surface area contributed by atoms with Crippen LogP contribution in [0.3, 0.4) is 0 Å². The van der Waals surface area contributed by atoms with E-state index in [0.29, 0.717) is 21.8 Å². The van der Waals surface area contributed by atoms with E-state index in [4.69, 9.17) is 11.6 Å². The SMILES string of the molecule is Cc1c(Cl)cccc1NC(=O)CNC(=O)Cn1cnc2ccc(F)cc2c1=O. The maximum absolute atomic E-state index is 13.3. The van der Waals surface area contributed by atoms with E-state index in [9.17, 15) is 18.8 Å². The molecule has 3 aromatic rings. The van der Waals surface area contributed by atoms with Gasteiger partial charge in [-0.05, 0) is 42.8 Å². The minimum Gasteiger partial charge on any atom is -0.345 e. The summed E-state index contributed by atoms with van der Waals surface area (Å²) in [6.07, 6.45) is 1.21. The molecule has 2 N–H and O–H groups in total. The molecule has 0 atom stereocenters. The zero-order valence-corrected chi connectivity index (χ0v) is 15.6. The van der Waals surface area contributed by atoms with Crippen molar-refractivity contribution >= 4 is 40.0 Å². The molecule has 0 saturated carbocycles. The van der Waals surface area contributed by atoms with Gasteiger partial charge in [-0.25, -0.2) is 9.37 Å². The standard InChI is InChI=1S/C19H16ClFN4O3/c1-11-14(20)3-2-4-15(11)24-17(26)8-22-18(27)9-25-10-23-16-6-5-12(21)7-13(16)19(25)28/h2-7,10H,8-9H2,1H3,(H,22,27)(H,24,26). The molecule has 144 valence electrons. The number of rotatable bonds is 5. The third kappa shape index (κ3) is 4.34. The molecule has 28 heavy (non-hydrogen) atoms. The van der Waals surface area contributed by atoms with Crippen molar-refractivity contribution in [3.8, 4) is 0 Å². The fourth-order valence-electron chi connectivity index (χ4n) is 2.57. The highest BCUT2D eigenvalue weighted by molar-refractivity contribution is 6.31. The average Bonchev–Trinajstić information content (AvgIpc) is 2.66.